The van der Waals surface area contributed by atoms with E-state index in [0.29, 0.717) is 44.4 Å². The number of nitrogens with one attached hydrogen (secondary N) is 1. The highest BCUT2D eigenvalue weighted by Crippen LogP contribution is 2.33. The molecule has 1 aliphatic heterocycles. The lowest BCUT2D eigenvalue weighted by atomic mass is 10.2. The smallest absolute Gasteiger partial charge is 0.283 e. The van der Waals surface area contributed by atoms with Gasteiger partial charge in [-0.25, -0.2) is 15.0 Å². The van der Waals surface area contributed by atoms with Crippen molar-refractivity contribution in [1.82, 2.24) is 25.0 Å². The number of halogens is 3. The van der Waals surface area contributed by atoms with E-state index < -0.39 is 0 Å². The van der Waals surface area contributed by atoms with Crippen LogP contribution in [0.25, 0.3) is 17.2 Å². The van der Waals surface area contributed by atoms with Gasteiger partial charge in [0, 0.05) is 41.0 Å². The number of amides is 1. The lowest BCUT2D eigenvalue weighted by Gasteiger charge is -2.26. The summed E-state index contributed by atoms with van der Waals surface area (Å²) in [6.07, 6.45) is 5.49. The number of hydrogen-bond donors (Lipinski definition) is 1. The van der Waals surface area contributed by atoms with Crippen LogP contribution in [0.15, 0.2) is 36.5 Å². The maximum atomic E-state index is 13.2. The van der Waals surface area contributed by atoms with Crippen LogP contribution in [0.2, 0.25) is 15.1 Å². The Morgan fingerprint density at radius 1 is 1.06 bits per heavy atom. The molecule has 1 amide bonds. The quantitative estimate of drug-likeness (QED) is 0.519. The molecule has 4 rings (SSSR count). The molecule has 3 heterocycles. The van der Waals surface area contributed by atoms with Crippen molar-refractivity contribution in [2.45, 2.75) is 32.6 Å². The van der Waals surface area contributed by atoms with E-state index in [1.807, 2.05) is 16.5 Å². The molecule has 1 N–H and O–H groups in total. The van der Waals surface area contributed by atoms with Crippen LogP contribution in [0.3, 0.4) is 0 Å². The zero-order valence-corrected chi connectivity index (χ0v) is 19.3. The van der Waals surface area contributed by atoms with Gasteiger partial charge in [0.25, 0.3) is 5.91 Å². The number of aromatic nitrogens is 3. The first kappa shape index (κ1) is 22.1. The fourth-order valence-corrected chi connectivity index (χ4v) is 4.42. The molecule has 2 aromatic heterocycles. The average molecular weight is 479 g/mol. The fourth-order valence-electron chi connectivity index (χ4n) is 3.78. The van der Waals surface area contributed by atoms with Crippen LogP contribution < -0.4 is 5.43 Å². The molecule has 1 aliphatic rings. The van der Waals surface area contributed by atoms with Crippen LogP contribution in [0.1, 0.15) is 42.4 Å². The minimum Gasteiger partial charge on any atom is -0.283 e. The second kappa shape index (κ2) is 9.57. The number of rotatable bonds is 5. The van der Waals surface area contributed by atoms with Gasteiger partial charge in [0.1, 0.15) is 11.6 Å². The summed E-state index contributed by atoms with van der Waals surface area (Å²) >= 11 is 18.8. The first-order chi connectivity index (χ1) is 15.0. The second-order valence-electron chi connectivity index (χ2n) is 7.36. The number of hydrogen-bond acceptors (Lipinski definition) is 4. The van der Waals surface area contributed by atoms with E-state index in [-0.39, 0.29) is 5.91 Å². The van der Waals surface area contributed by atoms with Crippen LogP contribution >= 0.6 is 34.8 Å². The first-order valence-corrected chi connectivity index (χ1v) is 11.4. The Hall–Kier alpha value is -2.12. The van der Waals surface area contributed by atoms with Gasteiger partial charge in [0.15, 0.2) is 5.69 Å². The van der Waals surface area contributed by atoms with Crippen molar-refractivity contribution < 1.29 is 4.79 Å². The largest absolute Gasteiger partial charge is 0.286 e. The number of carbonyl (C=O) groups is 1. The summed E-state index contributed by atoms with van der Waals surface area (Å²) < 4.78 is 1.84. The number of pyridine rings is 1. The molecule has 3 aromatic rings. The molecule has 9 heteroatoms. The van der Waals surface area contributed by atoms with Crippen LogP contribution in [-0.4, -0.2) is 38.5 Å². The molecule has 0 unspecified atom stereocenters. The average Bonchev–Trinajstić information content (AvgIpc) is 3.14. The zero-order valence-electron chi connectivity index (χ0n) is 17.0. The molecule has 162 valence electrons. The van der Waals surface area contributed by atoms with E-state index in [2.05, 4.69) is 10.4 Å². The monoisotopic (exact) mass is 477 g/mol. The van der Waals surface area contributed by atoms with E-state index in [1.54, 1.807) is 36.5 Å². The molecular weight excluding hydrogens is 457 g/mol. The normalized spacial score (nSPS) is 14.6. The second-order valence-corrected chi connectivity index (χ2v) is 8.64. The number of imidazole rings is 1. The maximum Gasteiger partial charge on any atom is 0.286 e. The van der Waals surface area contributed by atoms with Gasteiger partial charge in [0.2, 0.25) is 0 Å². The third-order valence-corrected chi connectivity index (χ3v) is 6.03. The Kier molecular flexibility index (Phi) is 6.82. The van der Waals surface area contributed by atoms with E-state index >= 15 is 0 Å². The molecule has 6 nitrogen and oxygen atoms in total. The van der Waals surface area contributed by atoms with Crippen LogP contribution in [-0.2, 0) is 6.42 Å². The van der Waals surface area contributed by atoms with Gasteiger partial charge in [-0.1, -0.05) is 48.1 Å². The van der Waals surface area contributed by atoms with Gasteiger partial charge in [-0.15, -0.1) is 0 Å². The zero-order chi connectivity index (χ0) is 22.0. The Balaban J connectivity index is 1.85. The maximum absolute atomic E-state index is 13.2. The molecule has 1 aromatic carbocycles. The van der Waals surface area contributed by atoms with Gasteiger partial charge in [-0.3, -0.25) is 14.8 Å². The first-order valence-electron chi connectivity index (χ1n) is 10.2. The van der Waals surface area contributed by atoms with E-state index in [1.165, 1.54) is 6.42 Å². The van der Waals surface area contributed by atoms with Gasteiger partial charge in [-0.05, 0) is 43.5 Å². The summed E-state index contributed by atoms with van der Waals surface area (Å²) in [7, 11) is 0. The van der Waals surface area contributed by atoms with E-state index in [9.17, 15) is 4.79 Å². The highest BCUT2D eigenvalue weighted by molar-refractivity contribution is 6.36. The number of piperidine rings is 1. The number of hydrazine groups is 1. The molecular formula is C22H22Cl3N5O. The van der Waals surface area contributed by atoms with Crippen LogP contribution in [0.4, 0.5) is 0 Å². The number of carbonyl (C=O) groups excluding carboxylic acids is 1. The molecule has 0 spiro atoms. The standard InChI is InChI=1S/C22H22Cl3N5O/c1-2-18-20(22(31)28-29-10-4-3-5-11-29)27-21(16-7-6-14(23)12-17(16)25)30(18)19-13-15(24)8-9-26-19/h6-9,12-13H,2-5,10-11H2,1H3,(H,28,31). The third kappa shape index (κ3) is 4.72. The van der Waals surface area contributed by atoms with Gasteiger partial charge >= 0.3 is 0 Å². The molecule has 0 radical (unpaired) electrons. The fraction of sp³-hybridized carbons (Fsp3) is 0.318. The summed E-state index contributed by atoms with van der Waals surface area (Å²) in [5.41, 5.74) is 4.73. The molecule has 1 saturated heterocycles. The van der Waals surface area contributed by atoms with E-state index in [0.717, 1.165) is 31.6 Å². The predicted octanol–water partition coefficient (Wildman–Crippen LogP) is 5.59. The molecule has 0 saturated carbocycles. The van der Waals surface area contributed by atoms with Gasteiger partial charge in [-0.2, -0.15) is 0 Å². The highest BCUT2D eigenvalue weighted by atomic mass is 35.5. The van der Waals surface area contributed by atoms with Crippen LogP contribution in [0.5, 0.6) is 0 Å². The van der Waals surface area contributed by atoms with Crippen molar-refractivity contribution in [1.29, 1.82) is 0 Å². The molecule has 0 bridgehead atoms. The highest BCUT2D eigenvalue weighted by Gasteiger charge is 2.26. The minimum absolute atomic E-state index is 0.245. The molecule has 31 heavy (non-hydrogen) atoms. The third-order valence-electron chi connectivity index (χ3n) is 5.25. The SMILES string of the molecule is CCc1c(C(=O)NN2CCCCC2)nc(-c2ccc(Cl)cc2Cl)n1-c1cc(Cl)ccn1. The Morgan fingerprint density at radius 2 is 1.81 bits per heavy atom. The van der Waals surface area contributed by atoms with Crippen molar-refractivity contribution in [3.05, 3.63) is 63.0 Å². The summed E-state index contributed by atoms with van der Waals surface area (Å²) in [5, 5.41) is 3.45. The van der Waals surface area contributed by atoms with Crippen molar-refractivity contribution in [2.24, 2.45) is 0 Å². The Labute approximate surface area is 196 Å². The minimum atomic E-state index is -0.245. The Bertz CT molecular complexity index is 1110. The molecule has 0 aliphatic carbocycles. The lowest BCUT2D eigenvalue weighted by molar-refractivity contribution is 0.0744. The lowest BCUT2D eigenvalue weighted by Crippen LogP contribution is -2.45. The Morgan fingerprint density at radius 3 is 2.48 bits per heavy atom. The van der Waals surface area contributed by atoms with Crippen LogP contribution in [0, 0.1) is 0 Å². The summed E-state index contributed by atoms with van der Waals surface area (Å²) in [6, 6.07) is 8.63. The predicted molar refractivity (Wildman–Crippen MR) is 124 cm³/mol. The van der Waals surface area contributed by atoms with Gasteiger partial charge < -0.3 is 0 Å². The van der Waals surface area contributed by atoms with Crippen molar-refractivity contribution in [3.63, 3.8) is 0 Å². The summed E-state index contributed by atoms with van der Waals surface area (Å²) in [4.78, 5) is 22.4. The molecule has 1 fully saturated rings. The summed E-state index contributed by atoms with van der Waals surface area (Å²) in [6.45, 7) is 3.64. The van der Waals surface area contributed by atoms with Crippen molar-refractivity contribution >= 4 is 40.7 Å². The van der Waals surface area contributed by atoms with Crippen molar-refractivity contribution in [2.75, 3.05) is 13.1 Å². The van der Waals surface area contributed by atoms with E-state index in [4.69, 9.17) is 39.8 Å². The van der Waals surface area contributed by atoms with Gasteiger partial charge in [0.05, 0.1) is 10.7 Å². The van der Waals surface area contributed by atoms with Crippen molar-refractivity contribution in [3.8, 4) is 17.2 Å². The number of nitrogens with zero attached hydrogens (tertiary/aromatic N) is 4. The summed E-state index contributed by atoms with van der Waals surface area (Å²) in [5.74, 6) is 0.831. The number of benzene rings is 1. The topological polar surface area (TPSA) is 63.1 Å². The molecule has 0 atom stereocenters.